The summed E-state index contributed by atoms with van der Waals surface area (Å²) in [6, 6.07) is 12.4. The molecule has 17 heavy (non-hydrogen) atoms. The van der Waals surface area contributed by atoms with E-state index in [0.29, 0.717) is 0 Å². The molecular formula is C15H18O2. The number of rotatable bonds is 6. The van der Waals surface area contributed by atoms with Crippen molar-refractivity contribution in [1.29, 1.82) is 0 Å². The monoisotopic (exact) mass is 230 g/mol. The Hall–Kier alpha value is -1.54. The van der Waals surface area contributed by atoms with E-state index in [4.69, 9.17) is 9.15 Å². The van der Waals surface area contributed by atoms with E-state index in [9.17, 15) is 0 Å². The highest BCUT2D eigenvalue weighted by Gasteiger charge is 2.01. The Kier molecular flexibility index (Phi) is 4.39. The maximum atomic E-state index is 5.39. The molecule has 0 spiro atoms. The fourth-order valence-electron chi connectivity index (χ4n) is 1.85. The lowest BCUT2D eigenvalue weighted by atomic mass is 10.1. The summed E-state index contributed by atoms with van der Waals surface area (Å²) in [5.41, 5.74) is 2.47. The van der Waals surface area contributed by atoms with Crippen LogP contribution in [0.4, 0.5) is 0 Å². The van der Waals surface area contributed by atoms with Gasteiger partial charge in [0.05, 0.1) is 6.26 Å². The zero-order chi connectivity index (χ0) is 11.9. The zero-order valence-electron chi connectivity index (χ0n) is 10.2. The zero-order valence-corrected chi connectivity index (χ0v) is 10.2. The van der Waals surface area contributed by atoms with E-state index in [1.165, 1.54) is 5.56 Å². The lowest BCUT2D eigenvalue weighted by Crippen LogP contribution is -1.95. The molecule has 2 aromatic rings. The molecule has 0 fully saturated rings. The van der Waals surface area contributed by atoms with Gasteiger partial charge in [0.1, 0.15) is 5.76 Å². The summed E-state index contributed by atoms with van der Waals surface area (Å²) >= 11 is 0. The Morgan fingerprint density at radius 1 is 1.18 bits per heavy atom. The van der Waals surface area contributed by atoms with Crippen LogP contribution in [0.2, 0.25) is 0 Å². The van der Waals surface area contributed by atoms with Crippen molar-refractivity contribution in [3.05, 3.63) is 48.2 Å². The van der Waals surface area contributed by atoms with Crippen LogP contribution in [0.1, 0.15) is 18.9 Å². The first kappa shape index (κ1) is 11.9. The minimum atomic E-state index is 0.798. The Morgan fingerprint density at radius 2 is 2.12 bits per heavy atom. The summed E-state index contributed by atoms with van der Waals surface area (Å²) in [6.45, 7) is 3.66. The van der Waals surface area contributed by atoms with Crippen molar-refractivity contribution in [2.45, 2.75) is 19.8 Å². The van der Waals surface area contributed by atoms with E-state index >= 15 is 0 Å². The van der Waals surface area contributed by atoms with Crippen LogP contribution < -0.4 is 0 Å². The van der Waals surface area contributed by atoms with Crippen LogP contribution in [0.15, 0.2) is 47.1 Å². The molecule has 0 aliphatic heterocycles. The lowest BCUT2D eigenvalue weighted by Gasteiger charge is -2.04. The van der Waals surface area contributed by atoms with E-state index in [1.807, 2.05) is 19.1 Å². The van der Waals surface area contributed by atoms with Gasteiger partial charge < -0.3 is 9.15 Å². The van der Waals surface area contributed by atoms with Crippen molar-refractivity contribution >= 4 is 0 Å². The van der Waals surface area contributed by atoms with E-state index in [0.717, 1.165) is 37.4 Å². The van der Waals surface area contributed by atoms with Crippen LogP contribution in [-0.4, -0.2) is 13.2 Å². The maximum absolute atomic E-state index is 5.39. The second kappa shape index (κ2) is 6.26. The molecule has 1 heterocycles. The Balaban J connectivity index is 1.97. The quantitative estimate of drug-likeness (QED) is 0.702. The second-order valence-corrected chi connectivity index (χ2v) is 3.98. The fourth-order valence-corrected chi connectivity index (χ4v) is 1.85. The van der Waals surface area contributed by atoms with Gasteiger partial charge in [-0.2, -0.15) is 0 Å². The van der Waals surface area contributed by atoms with E-state index in [2.05, 4.69) is 24.3 Å². The fraction of sp³-hybridized carbons (Fsp3) is 0.333. The molecule has 0 saturated carbocycles. The molecule has 0 amide bonds. The maximum Gasteiger partial charge on any atom is 0.133 e. The van der Waals surface area contributed by atoms with Crippen LogP contribution in [0, 0.1) is 0 Å². The normalized spacial score (nSPS) is 10.6. The predicted molar refractivity (Wildman–Crippen MR) is 69.0 cm³/mol. The molecule has 90 valence electrons. The van der Waals surface area contributed by atoms with E-state index in [-0.39, 0.29) is 0 Å². The van der Waals surface area contributed by atoms with Gasteiger partial charge in [-0.05, 0) is 43.5 Å². The number of furan rings is 1. The highest BCUT2D eigenvalue weighted by atomic mass is 16.5. The standard InChI is InChI=1S/C15H18O2/c1-2-16-10-4-7-13-6-3-8-14(12-13)15-9-5-11-17-15/h3,5-6,8-9,11-12H,2,4,7,10H2,1H3. The van der Waals surface area contributed by atoms with Gasteiger partial charge in [-0.3, -0.25) is 0 Å². The highest BCUT2D eigenvalue weighted by Crippen LogP contribution is 2.21. The summed E-state index contributed by atoms with van der Waals surface area (Å²) in [4.78, 5) is 0. The first-order valence-electron chi connectivity index (χ1n) is 6.10. The van der Waals surface area contributed by atoms with Crippen molar-refractivity contribution in [3.63, 3.8) is 0 Å². The van der Waals surface area contributed by atoms with Crippen molar-refractivity contribution in [1.82, 2.24) is 0 Å². The van der Waals surface area contributed by atoms with Gasteiger partial charge in [-0.15, -0.1) is 0 Å². The third kappa shape index (κ3) is 3.46. The molecule has 0 N–H and O–H groups in total. The van der Waals surface area contributed by atoms with Gasteiger partial charge in [0, 0.05) is 18.8 Å². The smallest absolute Gasteiger partial charge is 0.133 e. The minimum Gasteiger partial charge on any atom is -0.464 e. The van der Waals surface area contributed by atoms with Crippen molar-refractivity contribution < 1.29 is 9.15 Å². The van der Waals surface area contributed by atoms with Crippen molar-refractivity contribution in [2.75, 3.05) is 13.2 Å². The van der Waals surface area contributed by atoms with Crippen LogP contribution >= 0.6 is 0 Å². The molecule has 0 atom stereocenters. The molecule has 0 radical (unpaired) electrons. The lowest BCUT2D eigenvalue weighted by molar-refractivity contribution is 0.145. The molecule has 1 aromatic carbocycles. The SMILES string of the molecule is CCOCCCc1cccc(-c2ccco2)c1. The third-order valence-electron chi connectivity index (χ3n) is 2.69. The largest absolute Gasteiger partial charge is 0.464 e. The average Bonchev–Trinajstić information content (AvgIpc) is 2.89. The molecule has 0 aliphatic carbocycles. The van der Waals surface area contributed by atoms with E-state index < -0.39 is 0 Å². The molecule has 1 aromatic heterocycles. The average molecular weight is 230 g/mol. The first-order chi connectivity index (χ1) is 8.40. The molecule has 2 heteroatoms. The predicted octanol–water partition coefficient (Wildman–Crippen LogP) is 3.92. The first-order valence-corrected chi connectivity index (χ1v) is 6.10. The van der Waals surface area contributed by atoms with Gasteiger partial charge in [-0.1, -0.05) is 18.2 Å². The molecular weight excluding hydrogens is 212 g/mol. The Morgan fingerprint density at radius 3 is 2.88 bits per heavy atom. The molecule has 2 nitrogen and oxygen atoms in total. The topological polar surface area (TPSA) is 22.4 Å². The number of benzene rings is 1. The van der Waals surface area contributed by atoms with E-state index in [1.54, 1.807) is 6.26 Å². The Bertz CT molecular complexity index is 432. The highest BCUT2D eigenvalue weighted by molar-refractivity contribution is 5.58. The van der Waals surface area contributed by atoms with Gasteiger partial charge in [0.15, 0.2) is 0 Å². The number of aryl methyl sites for hydroxylation is 1. The van der Waals surface area contributed by atoms with Crippen molar-refractivity contribution in [2.24, 2.45) is 0 Å². The van der Waals surface area contributed by atoms with Gasteiger partial charge >= 0.3 is 0 Å². The van der Waals surface area contributed by atoms with Gasteiger partial charge in [0.2, 0.25) is 0 Å². The number of hydrogen-bond acceptors (Lipinski definition) is 2. The molecule has 0 bridgehead atoms. The molecule has 0 aliphatic rings. The number of ether oxygens (including phenoxy) is 1. The summed E-state index contributed by atoms with van der Waals surface area (Å²) < 4.78 is 10.7. The van der Waals surface area contributed by atoms with Crippen LogP contribution in [0.5, 0.6) is 0 Å². The number of hydrogen-bond donors (Lipinski definition) is 0. The van der Waals surface area contributed by atoms with Gasteiger partial charge in [0.25, 0.3) is 0 Å². The molecule has 0 saturated heterocycles. The summed E-state index contributed by atoms with van der Waals surface area (Å²) in [7, 11) is 0. The Labute approximate surface area is 102 Å². The van der Waals surface area contributed by atoms with Gasteiger partial charge in [-0.25, -0.2) is 0 Å². The molecule has 2 rings (SSSR count). The summed E-state index contributed by atoms with van der Waals surface area (Å²) in [6.07, 6.45) is 3.82. The molecule has 0 unspecified atom stereocenters. The minimum absolute atomic E-state index is 0.798. The van der Waals surface area contributed by atoms with Crippen LogP contribution in [0.3, 0.4) is 0 Å². The summed E-state index contributed by atoms with van der Waals surface area (Å²) in [5, 5.41) is 0. The third-order valence-corrected chi connectivity index (χ3v) is 2.69. The van der Waals surface area contributed by atoms with Crippen LogP contribution in [0.25, 0.3) is 11.3 Å². The van der Waals surface area contributed by atoms with Crippen LogP contribution in [-0.2, 0) is 11.2 Å². The summed E-state index contributed by atoms with van der Waals surface area (Å²) in [5.74, 6) is 0.927. The second-order valence-electron chi connectivity index (χ2n) is 3.98. The van der Waals surface area contributed by atoms with Crippen molar-refractivity contribution in [3.8, 4) is 11.3 Å².